The molecule has 16 heavy (non-hydrogen) atoms. The molecule has 5 nitrogen and oxygen atoms in total. The fourth-order valence-electron chi connectivity index (χ4n) is 1.61. The van der Waals surface area contributed by atoms with Crippen LogP contribution < -0.4 is 5.73 Å². The molecule has 5 heteroatoms. The zero-order chi connectivity index (χ0) is 12.0. The first-order valence-electron chi connectivity index (χ1n) is 4.55. The van der Waals surface area contributed by atoms with Gasteiger partial charge in [-0.05, 0) is 13.0 Å². The number of fused-ring (bicyclic) bond motifs is 1. The van der Waals surface area contributed by atoms with Crippen LogP contribution in [0.15, 0.2) is 17.8 Å². The molecular weight excluding hydrogens is 210 g/mol. The second kappa shape index (κ2) is 3.10. The van der Waals surface area contributed by atoms with Crippen LogP contribution in [-0.2, 0) is 0 Å². The van der Waals surface area contributed by atoms with E-state index in [0.717, 1.165) is 12.1 Å². The smallest absolute Gasteiger partial charge is 0.213 e. The van der Waals surface area contributed by atoms with Gasteiger partial charge in [0.2, 0.25) is 5.78 Å². The summed E-state index contributed by atoms with van der Waals surface area (Å²) in [4.78, 5) is 23.2. The summed E-state index contributed by atoms with van der Waals surface area (Å²) < 4.78 is 0. The first kappa shape index (κ1) is 10.2. The molecule has 0 saturated heterocycles. The lowest BCUT2D eigenvalue weighted by Crippen LogP contribution is -2.22. The summed E-state index contributed by atoms with van der Waals surface area (Å²) >= 11 is 0. The number of allylic oxidation sites excluding steroid dienone is 2. The maximum atomic E-state index is 11.7. The van der Waals surface area contributed by atoms with E-state index in [1.165, 1.54) is 6.92 Å². The number of hydrogen-bond donors (Lipinski definition) is 3. The number of benzene rings is 1. The Bertz CT molecular complexity index is 558. The first-order valence-corrected chi connectivity index (χ1v) is 4.55. The van der Waals surface area contributed by atoms with E-state index in [-0.39, 0.29) is 28.1 Å². The minimum Gasteiger partial charge on any atom is -0.508 e. The Morgan fingerprint density at radius 1 is 1.25 bits per heavy atom. The van der Waals surface area contributed by atoms with Crippen LogP contribution in [0, 0.1) is 6.92 Å². The number of carbonyl (C=O) groups is 2. The van der Waals surface area contributed by atoms with Gasteiger partial charge in [0.25, 0.3) is 0 Å². The third kappa shape index (κ3) is 1.18. The zero-order valence-electron chi connectivity index (χ0n) is 8.44. The first-order chi connectivity index (χ1) is 7.43. The lowest BCUT2D eigenvalue weighted by molar-refractivity contribution is 0.0980. The van der Waals surface area contributed by atoms with Crippen molar-refractivity contribution in [2.24, 2.45) is 5.73 Å². The Labute approximate surface area is 90.8 Å². The van der Waals surface area contributed by atoms with Crippen molar-refractivity contribution < 1.29 is 19.8 Å². The van der Waals surface area contributed by atoms with Crippen molar-refractivity contribution in [2.45, 2.75) is 6.92 Å². The van der Waals surface area contributed by atoms with E-state index in [2.05, 4.69) is 0 Å². The molecule has 1 aromatic rings. The topological polar surface area (TPSA) is 101 Å². The van der Waals surface area contributed by atoms with E-state index in [9.17, 15) is 19.8 Å². The zero-order valence-corrected chi connectivity index (χ0v) is 8.44. The second-order valence-corrected chi connectivity index (χ2v) is 3.58. The monoisotopic (exact) mass is 219 g/mol. The lowest BCUT2D eigenvalue weighted by atomic mass is 9.90. The number of aromatic hydroxyl groups is 2. The number of ketones is 2. The standard InChI is InChI=1S/C11H9NO4/c1-4-7(13)2-5-8(14)3-6(12)11(16)9(5)10(4)15/h2-3,13,15H,12H2,1H3. The summed E-state index contributed by atoms with van der Waals surface area (Å²) in [5.41, 5.74) is 5.13. The van der Waals surface area contributed by atoms with Gasteiger partial charge in [-0.2, -0.15) is 0 Å². The summed E-state index contributed by atoms with van der Waals surface area (Å²) in [6, 6.07) is 1.16. The van der Waals surface area contributed by atoms with Crippen molar-refractivity contribution in [1.29, 1.82) is 0 Å². The SMILES string of the molecule is Cc1c(O)cc2c(c1O)C(=O)C(N)=CC2=O. The summed E-state index contributed by atoms with van der Waals surface area (Å²) in [6.07, 6.45) is 0.985. The lowest BCUT2D eigenvalue weighted by Gasteiger charge is -2.15. The highest BCUT2D eigenvalue weighted by Crippen LogP contribution is 2.35. The van der Waals surface area contributed by atoms with Gasteiger partial charge < -0.3 is 15.9 Å². The van der Waals surface area contributed by atoms with Crippen LogP contribution in [0.3, 0.4) is 0 Å². The van der Waals surface area contributed by atoms with Gasteiger partial charge >= 0.3 is 0 Å². The van der Waals surface area contributed by atoms with Crippen molar-refractivity contribution >= 4 is 11.6 Å². The molecule has 0 amide bonds. The Morgan fingerprint density at radius 3 is 2.50 bits per heavy atom. The van der Waals surface area contributed by atoms with Crippen LogP contribution in [0.5, 0.6) is 11.5 Å². The minimum atomic E-state index is -0.602. The molecule has 0 atom stereocenters. The van der Waals surface area contributed by atoms with Crippen molar-refractivity contribution in [1.82, 2.24) is 0 Å². The fourth-order valence-corrected chi connectivity index (χ4v) is 1.61. The maximum Gasteiger partial charge on any atom is 0.213 e. The average Bonchev–Trinajstić information content (AvgIpc) is 2.22. The van der Waals surface area contributed by atoms with Crippen molar-refractivity contribution in [2.75, 3.05) is 0 Å². The molecule has 0 heterocycles. The Kier molecular flexibility index (Phi) is 1.98. The van der Waals surface area contributed by atoms with Crippen LogP contribution >= 0.6 is 0 Å². The number of carbonyl (C=O) groups excluding carboxylic acids is 2. The van der Waals surface area contributed by atoms with Crippen molar-refractivity contribution in [3.05, 3.63) is 34.5 Å². The molecule has 0 radical (unpaired) electrons. The molecule has 82 valence electrons. The van der Waals surface area contributed by atoms with Gasteiger partial charge in [0.15, 0.2) is 5.78 Å². The van der Waals surface area contributed by atoms with Crippen LogP contribution in [0.2, 0.25) is 0 Å². The molecular formula is C11H9NO4. The Hall–Kier alpha value is -2.30. The molecule has 1 aromatic carbocycles. The van der Waals surface area contributed by atoms with Crippen LogP contribution in [0.1, 0.15) is 26.3 Å². The van der Waals surface area contributed by atoms with Crippen LogP contribution in [0.4, 0.5) is 0 Å². The molecule has 2 rings (SSSR count). The van der Waals surface area contributed by atoms with Gasteiger partial charge in [-0.3, -0.25) is 9.59 Å². The van der Waals surface area contributed by atoms with Gasteiger partial charge in [0.1, 0.15) is 11.5 Å². The number of Topliss-reactive ketones (excluding diaryl/α,β-unsaturated/α-hetero) is 1. The predicted molar refractivity (Wildman–Crippen MR) is 55.4 cm³/mol. The van der Waals surface area contributed by atoms with Crippen LogP contribution in [0.25, 0.3) is 0 Å². The highest BCUT2D eigenvalue weighted by atomic mass is 16.3. The molecule has 1 aliphatic rings. The number of rotatable bonds is 0. The molecule has 1 aliphatic carbocycles. The third-order valence-corrected chi connectivity index (χ3v) is 2.57. The van der Waals surface area contributed by atoms with E-state index < -0.39 is 17.3 Å². The molecule has 0 spiro atoms. The van der Waals surface area contributed by atoms with Gasteiger partial charge in [-0.1, -0.05) is 0 Å². The minimum absolute atomic E-state index is 0.0280. The van der Waals surface area contributed by atoms with Crippen molar-refractivity contribution in [3.63, 3.8) is 0 Å². The van der Waals surface area contributed by atoms with Crippen LogP contribution in [-0.4, -0.2) is 21.8 Å². The summed E-state index contributed by atoms with van der Waals surface area (Å²) in [6.45, 7) is 1.44. The molecule has 0 bridgehead atoms. The number of nitrogens with two attached hydrogens (primary N) is 1. The summed E-state index contributed by atoms with van der Waals surface area (Å²) in [7, 11) is 0. The van der Waals surface area contributed by atoms with E-state index in [4.69, 9.17) is 5.73 Å². The predicted octanol–water partition coefficient (Wildman–Crippen LogP) is 0.628. The Morgan fingerprint density at radius 2 is 1.88 bits per heavy atom. The number of phenols is 2. The van der Waals surface area contributed by atoms with E-state index in [0.29, 0.717) is 0 Å². The second-order valence-electron chi connectivity index (χ2n) is 3.58. The average molecular weight is 219 g/mol. The van der Waals surface area contributed by atoms with E-state index in [1.807, 2.05) is 0 Å². The third-order valence-electron chi connectivity index (χ3n) is 2.57. The highest BCUT2D eigenvalue weighted by molar-refractivity contribution is 6.25. The van der Waals surface area contributed by atoms with Gasteiger partial charge in [-0.15, -0.1) is 0 Å². The maximum absolute atomic E-state index is 11.7. The fraction of sp³-hybridized carbons (Fsp3) is 0.0909. The van der Waals surface area contributed by atoms with Gasteiger partial charge in [-0.25, -0.2) is 0 Å². The number of hydrogen-bond acceptors (Lipinski definition) is 5. The summed E-state index contributed by atoms with van der Waals surface area (Å²) in [5, 5.41) is 19.2. The molecule has 0 aromatic heterocycles. The number of phenolic OH excluding ortho intramolecular Hbond substituents is 2. The van der Waals surface area contributed by atoms with Gasteiger partial charge in [0, 0.05) is 17.2 Å². The van der Waals surface area contributed by atoms with E-state index in [1.54, 1.807) is 0 Å². The van der Waals surface area contributed by atoms with Crippen molar-refractivity contribution in [3.8, 4) is 11.5 Å². The Balaban J connectivity index is 2.83. The molecule has 0 unspecified atom stereocenters. The highest BCUT2D eigenvalue weighted by Gasteiger charge is 2.29. The molecule has 0 saturated carbocycles. The molecule has 4 N–H and O–H groups in total. The molecule has 0 aliphatic heterocycles. The molecule has 0 fully saturated rings. The summed E-state index contributed by atoms with van der Waals surface area (Å²) in [5.74, 6) is -1.73. The largest absolute Gasteiger partial charge is 0.508 e. The quantitative estimate of drug-likeness (QED) is 0.594. The van der Waals surface area contributed by atoms with E-state index >= 15 is 0 Å². The normalized spacial score (nSPS) is 14.7. The van der Waals surface area contributed by atoms with Gasteiger partial charge in [0.05, 0.1) is 11.3 Å².